The lowest BCUT2D eigenvalue weighted by Gasteiger charge is -2.10. The number of amides is 2. The SMILES string of the molecule is CCn1cc(-c2cc(C(F)F)nc3sc(C(N)=O)c(NC(=O)c4[nH]ncc4Br)c23)c(C)n1. The van der Waals surface area contributed by atoms with Gasteiger partial charge in [0.2, 0.25) is 0 Å². The topological polar surface area (TPSA) is 132 Å². The highest BCUT2D eigenvalue weighted by Gasteiger charge is 2.27. The number of rotatable bonds is 6. The third kappa shape index (κ3) is 3.77. The van der Waals surface area contributed by atoms with Crippen molar-refractivity contribution in [1.82, 2.24) is 25.0 Å². The van der Waals surface area contributed by atoms with Crippen molar-refractivity contribution in [1.29, 1.82) is 0 Å². The van der Waals surface area contributed by atoms with Gasteiger partial charge in [0.25, 0.3) is 18.2 Å². The van der Waals surface area contributed by atoms with Gasteiger partial charge in [-0.1, -0.05) is 0 Å². The molecule has 0 spiro atoms. The van der Waals surface area contributed by atoms with Crippen LogP contribution in [0.1, 0.15) is 44.9 Å². The zero-order chi connectivity index (χ0) is 23.2. The summed E-state index contributed by atoms with van der Waals surface area (Å²) in [5.74, 6) is -1.42. The molecule has 0 saturated heterocycles. The van der Waals surface area contributed by atoms with Gasteiger partial charge < -0.3 is 11.1 Å². The van der Waals surface area contributed by atoms with Crippen LogP contribution in [-0.4, -0.2) is 36.8 Å². The first-order chi connectivity index (χ1) is 15.2. The number of halogens is 3. The first kappa shape index (κ1) is 22.0. The van der Waals surface area contributed by atoms with Gasteiger partial charge in [-0.25, -0.2) is 13.8 Å². The van der Waals surface area contributed by atoms with Gasteiger partial charge in [-0.15, -0.1) is 11.3 Å². The normalized spacial score (nSPS) is 11.4. The lowest BCUT2D eigenvalue weighted by molar-refractivity contribution is 0.100. The third-order valence-electron chi connectivity index (χ3n) is 4.75. The number of nitrogens with zero attached hydrogens (tertiary/aromatic N) is 4. The number of H-pyrrole nitrogens is 1. The Labute approximate surface area is 192 Å². The van der Waals surface area contributed by atoms with E-state index in [2.05, 4.69) is 41.5 Å². The molecule has 0 bridgehead atoms. The number of alkyl halides is 2. The molecule has 0 aliphatic heterocycles. The van der Waals surface area contributed by atoms with Gasteiger partial charge >= 0.3 is 0 Å². The largest absolute Gasteiger partial charge is 0.365 e. The van der Waals surface area contributed by atoms with E-state index >= 15 is 0 Å². The summed E-state index contributed by atoms with van der Waals surface area (Å²) in [6.45, 7) is 4.22. The number of fused-ring (bicyclic) bond motifs is 1. The second-order valence-electron chi connectivity index (χ2n) is 6.78. The molecule has 9 nitrogen and oxygen atoms in total. The second-order valence-corrected chi connectivity index (χ2v) is 8.63. The summed E-state index contributed by atoms with van der Waals surface area (Å²) in [6.07, 6.45) is 0.288. The highest BCUT2D eigenvalue weighted by Crippen LogP contribution is 2.43. The summed E-state index contributed by atoms with van der Waals surface area (Å²) in [6, 6.07) is 1.25. The fourth-order valence-corrected chi connectivity index (χ4v) is 4.67. The summed E-state index contributed by atoms with van der Waals surface area (Å²) in [4.78, 5) is 29.2. The minimum atomic E-state index is -2.84. The Morgan fingerprint density at radius 3 is 2.69 bits per heavy atom. The number of aryl methyl sites for hydroxylation is 2. The van der Waals surface area contributed by atoms with E-state index in [1.807, 2.05) is 6.92 Å². The van der Waals surface area contributed by atoms with E-state index < -0.39 is 23.9 Å². The molecule has 4 N–H and O–H groups in total. The van der Waals surface area contributed by atoms with Gasteiger partial charge in [0.1, 0.15) is 21.1 Å². The van der Waals surface area contributed by atoms with Crippen molar-refractivity contribution in [2.24, 2.45) is 5.73 Å². The first-order valence-electron chi connectivity index (χ1n) is 9.31. The summed E-state index contributed by atoms with van der Waals surface area (Å²) in [5, 5.41) is 13.7. The monoisotopic (exact) mass is 523 g/mol. The summed E-state index contributed by atoms with van der Waals surface area (Å²) < 4.78 is 29.3. The number of hydrogen-bond acceptors (Lipinski definition) is 6. The Kier molecular flexibility index (Phi) is 5.77. The Hall–Kier alpha value is -3.19. The number of thiophene rings is 1. The van der Waals surface area contributed by atoms with E-state index in [-0.39, 0.29) is 21.1 Å². The summed E-state index contributed by atoms with van der Waals surface area (Å²) in [5.41, 5.74) is 6.84. The zero-order valence-electron chi connectivity index (χ0n) is 16.7. The van der Waals surface area contributed by atoms with Gasteiger partial charge in [0.15, 0.2) is 0 Å². The number of nitrogens with one attached hydrogen (secondary N) is 2. The molecule has 0 atom stereocenters. The molecule has 0 unspecified atom stereocenters. The molecule has 4 aromatic heterocycles. The molecule has 0 fully saturated rings. The van der Waals surface area contributed by atoms with Gasteiger partial charge in [-0.05, 0) is 41.4 Å². The zero-order valence-corrected chi connectivity index (χ0v) is 19.1. The van der Waals surface area contributed by atoms with Crippen LogP contribution in [0.25, 0.3) is 21.3 Å². The fourth-order valence-electron chi connectivity index (χ4n) is 3.29. The maximum Gasteiger partial charge on any atom is 0.280 e. The molecular formula is C19H16BrF2N7O2S. The maximum absolute atomic E-state index is 13.6. The van der Waals surface area contributed by atoms with Gasteiger partial charge in [0.05, 0.1) is 22.1 Å². The molecule has 32 heavy (non-hydrogen) atoms. The molecule has 0 aliphatic rings. The van der Waals surface area contributed by atoms with Crippen molar-refractivity contribution >= 4 is 55.0 Å². The van der Waals surface area contributed by atoms with Crippen LogP contribution in [0.4, 0.5) is 14.5 Å². The predicted molar refractivity (Wildman–Crippen MR) is 119 cm³/mol. The molecule has 0 aromatic carbocycles. The van der Waals surface area contributed by atoms with Gasteiger partial charge in [0, 0.05) is 23.7 Å². The molecule has 0 radical (unpaired) electrons. The van der Waals surface area contributed by atoms with Crippen molar-refractivity contribution in [3.8, 4) is 11.1 Å². The Morgan fingerprint density at radius 2 is 2.12 bits per heavy atom. The van der Waals surface area contributed by atoms with Crippen LogP contribution >= 0.6 is 27.3 Å². The molecule has 0 saturated carbocycles. The Balaban J connectivity index is 2.00. The Morgan fingerprint density at radius 1 is 1.38 bits per heavy atom. The molecule has 4 heterocycles. The number of pyridine rings is 1. The van der Waals surface area contributed by atoms with Crippen LogP contribution in [0.2, 0.25) is 0 Å². The number of aromatic amines is 1. The predicted octanol–water partition coefficient (Wildman–Crippen LogP) is 4.26. The van der Waals surface area contributed by atoms with Crippen LogP contribution in [-0.2, 0) is 6.54 Å². The lowest BCUT2D eigenvalue weighted by Crippen LogP contribution is -2.17. The summed E-state index contributed by atoms with van der Waals surface area (Å²) >= 11 is 4.05. The first-order valence-corrected chi connectivity index (χ1v) is 10.9. The van der Waals surface area contributed by atoms with E-state index in [4.69, 9.17) is 5.73 Å². The van der Waals surface area contributed by atoms with E-state index in [0.717, 1.165) is 11.3 Å². The number of hydrogen-bond donors (Lipinski definition) is 3. The van der Waals surface area contributed by atoms with E-state index in [1.165, 1.54) is 12.3 Å². The van der Waals surface area contributed by atoms with Crippen LogP contribution in [0.15, 0.2) is 22.9 Å². The molecule has 0 aliphatic carbocycles. The molecule has 166 valence electrons. The lowest BCUT2D eigenvalue weighted by atomic mass is 10.0. The maximum atomic E-state index is 13.6. The smallest absolute Gasteiger partial charge is 0.280 e. The summed E-state index contributed by atoms with van der Waals surface area (Å²) in [7, 11) is 0. The van der Waals surface area contributed by atoms with E-state index in [1.54, 1.807) is 17.8 Å². The van der Waals surface area contributed by atoms with Crippen molar-refractivity contribution < 1.29 is 18.4 Å². The van der Waals surface area contributed by atoms with Crippen molar-refractivity contribution in [3.63, 3.8) is 0 Å². The second kappa shape index (κ2) is 8.39. The number of primary amides is 1. The number of aromatic nitrogens is 5. The highest BCUT2D eigenvalue weighted by atomic mass is 79.9. The number of nitrogens with two attached hydrogens (primary N) is 1. The van der Waals surface area contributed by atoms with Gasteiger partial charge in [-0.3, -0.25) is 19.4 Å². The van der Waals surface area contributed by atoms with Crippen LogP contribution in [0.3, 0.4) is 0 Å². The van der Waals surface area contributed by atoms with Crippen LogP contribution in [0, 0.1) is 6.92 Å². The number of carbonyl (C=O) groups is 2. The molecule has 4 rings (SSSR count). The van der Waals surface area contributed by atoms with Crippen molar-refractivity contribution in [2.45, 2.75) is 26.8 Å². The standard InChI is InChI=1S/C19H16BrF2N7O2S/c1-3-29-6-9(7(2)28-29)8-4-11(16(21)22)25-19-12(8)14(15(32-19)17(23)30)26-18(31)13-10(20)5-24-27-13/h4-6,16H,3H2,1-2H3,(H2,23,30)(H,24,27)(H,26,31). The average molecular weight is 524 g/mol. The quantitative estimate of drug-likeness (QED) is 0.347. The molecule has 2 amide bonds. The van der Waals surface area contributed by atoms with E-state index in [0.29, 0.717) is 33.2 Å². The number of anilines is 1. The minimum Gasteiger partial charge on any atom is -0.365 e. The highest BCUT2D eigenvalue weighted by molar-refractivity contribution is 9.10. The molecule has 13 heteroatoms. The Bertz CT molecular complexity index is 1360. The van der Waals surface area contributed by atoms with Crippen LogP contribution in [0.5, 0.6) is 0 Å². The van der Waals surface area contributed by atoms with Crippen molar-refractivity contribution in [3.05, 3.63) is 44.9 Å². The third-order valence-corrected chi connectivity index (χ3v) is 6.45. The van der Waals surface area contributed by atoms with Gasteiger partial charge in [-0.2, -0.15) is 10.2 Å². The fraction of sp³-hybridized carbons (Fsp3) is 0.211. The average Bonchev–Trinajstić information content (AvgIpc) is 3.44. The van der Waals surface area contributed by atoms with E-state index in [9.17, 15) is 18.4 Å². The minimum absolute atomic E-state index is 0.00955. The van der Waals surface area contributed by atoms with Crippen molar-refractivity contribution in [2.75, 3.05) is 5.32 Å². The molecular weight excluding hydrogens is 508 g/mol. The molecule has 4 aromatic rings. The number of carbonyl (C=O) groups excluding carboxylic acids is 2. The van der Waals surface area contributed by atoms with Crippen LogP contribution < -0.4 is 11.1 Å².